The molecule has 2 aromatic heterocycles. The second-order valence-electron chi connectivity index (χ2n) is 8.04. The zero-order valence-corrected chi connectivity index (χ0v) is 19.7. The van der Waals surface area contributed by atoms with E-state index in [4.69, 9.17) is 5.26 Å². The van der Waals surface area contributed by atoms with Crippen molar-refractivity contribution in [2.75, 3.05) is 12.8 Å². The summed E-state index contributed by atoms with van der Waals surface area (Å²) in [5, 5.41) is 22.4. The minimum absolute atomic E-state index is 0.118. The molecule has 168 valence electrons. The number of carbonyl (C=O) groups is 1. The van der Waals surface area contributed by atoms with Crippen LogP contribution in [0.4, 0.5) is 0 Å². The Labute approximate surface area is 193 Å². The summed E-state index contributed by atoms with van der Waals surface area (Å²) in [4.78, 5) is 12.3. The molecule has 0 unspecified atom stereocenters. The van der Waals surface area contributed by atoms with E-state index in [-0.39, 0.29) is 5.91 Å². The molecule has 0 saturated heterocycles. The highest BCUT2D eigenvalue weighted by atomic mass is 32.2. The van der Waals surface area contributed by atoms with Crippen molar-refractivity contribution in [1.29, 1.82) is 5.26 Å². The molecule has 0 saturated carbocycles. The van der Waals surface area contributed by atoms with Gasteiger partial charge in [-0.15, -0.1) is 10.2 Å². The molecule has 1 aromatic carbocycles. The van der Waals surface area contributed by atoms with Gasteiger partial charge in [0.1, 0.15) is 5.82 Å². The lowest BCUT2D eigenvalue weighted by molar-refractivity contribution is -0.116. The summed E-state index contributed by atoms with van der Waals surface area (Å²) in [6.45, 7) is 6.48. The second kappa shape index (κ2) is 11.5. The summed E-state index contributed by atoms with van der Waals surface area (Å²) in [6.07, 6.45) is 9.45. The van der Waals surface area contributed by atoms with Crippen LogP contribution in [0.25, 0.3) is 17.0 Å². The van der Waals surface area contributed by atoms with Crippen LogP contribution in [0.3, 0.4) is 0 Å². The molecule has 0 radical (unpaired) electrons. The monoisotopic (exact) mass is 450 g/mol. The fourth-order valence-electron chi connectivity index (χ4n) is 3.65. The summed E-state index contributed by atoms with van der Waals surface area (Å²) < 4.78 is 4.24. The number of hydrogen-bond acceptors (Lipinski definition) is 5. The van der Waals surface area contributed by atoms with Gasteiger partial charge in [-0.3, -0.25) is 4.79 Å². The van der Waals surface area contributed by atoms with Gasteiger partial charge in [0.05, 0.1) is 12.5 Å². The van der Waals surface area contributed by atoms with Crippen LogP contribution >= 0.6 is 11.8 Å². The third-order valence-electron chi connectivity index (χ3n) is 5.10. The molecule has 0 aliphatic carbocycles. The van der Waals surface area contributed by atoms with E-state index in [1.54, 1.807) is 17.8 Å². The number of nitrogens with one attached hydrogen (secondary N) is 1. The molecular weight excluding hydrogens is 420 g/mol. The molecule has 8 heteroatoms. The highest BCUT2D eigenvalue weighted by Gasteiger charge is 2.12. The lowest BCUT2D eigenvalue weighted by Crippen LogP contribution is -2.23. The van der Waals surface area contributed by atoms with Gasteiger partial charge in [-0.05, 0) is 30.7 Å². The summed E-state index contributed by atoms with van der Waals surface area (Å²) >= 11 is 1.61. The molecule has 32 heavy (non-hydrogen) atoms. The number of amides is 1. The van der Waals surface area contributed by atoms with Crippen molar-refractivity contribution in [2.45, 2.75) is 51.4 Å². The number of carbonyl (C=O) groups excluding carboxylic acids is 1. The normalized spacial score (nSPS) is 11.5. The van der Waals surface area contributed by atoms with Crippen molar-refractivity contribution >= 4 is 34.6 Å². The van der Waals surface area contributed by atoms with Crippen LogP contribution in [-0.2, 0) is 24.3 Å². The maximum Gasteiger partial charge on any atom is 0.244 e. The highest BCUT2D eigenvalue weighted by Crippen LogP contribution is 2.23. The number of aromatic nitrogens is 4. The maximum atomic E-state index is 12.3. The molecule has 0 aliphatic heterocycles. The van der Waals surface area contributed by atoms with Gasteiger partial charge in [-0.1, -0.05) is 43.8 Å². The average Bonchev–Trinajstić information content (AvgIpc) is 3.34. The second-order valence-corrected chi connectivity index (χ2v) is 8.81. The van der Waals surface area contributed by atoms with Crippen LogP contribution in [0.5, 0.6) is 0 Å². The molecule has 0 fully saturated rings. The first-order valence-electron chi connectivity index (χ1n) is 10.9. The molecular formula is C24H30N6OS. The molecule has 3 rings (SSSR count). The number of benzene rings is 1. The van der Waals surface area contributed by atoms with E-state index in [9.17, 15) is 4.79 Å². The summed E-state index contributed by atoms with van der Waals surface area (Å²) in [5.41, 5.74) is 2.04. The summed E-state index contributed by atoms with van der Waals surface area (Å²) in [7, 11) is 0. The van der Waals surface area contributed by atoms with E-state index in [0.717, 1.165) is 46.8 Å². The number of rotatable bonds is 11. The fourth-order valence-corrected chi connectivity index (χ4v) is 4.17. The zero-order valence-electron chi connectivity index (χ0n) is 18.9. The van der Waals surface area contributed by atoms with Gasteiger partial charge in [0, 0.05) is 54.8 Å². The smallest absolute Gasteiger partial charge is 0.244 e. The van der Waals surface area contributed by atoms with Gasteiger partial charge in [0.25, 0.3) is 0 Å². The Morgan fingerprint density at radius 3 is 2.88 bits per heavy atom. The number of thioether (sulfide) groups is 1. The van der Waals surface area contributed by atoms with E-state index in [2.05, 4.69) is 44.6 Å². The van der Waals surface area contributed by atoms with Crippen molar-refractivity contribution in [3.63, 3.8) is 0 Å². The summed E-state index contributed by atoms with van der Waals surface area (Å²) in [5.74, 6) is 1.37. The zero-order chi connectivity index (χ0) is 22.9. The minimum atomic E-state index is -0.118. The quantitative estimate of drug-likeness (QED) is 0.267. The lowest BCUT2D eigenvalue weighted by Gasteiger charge is -2.11. The van der Waals surface area contributed by atoms with Gasteiger partial charge < -0.3 is 14.5 Å². The molecule has 0 bridgehead atoms. The van der Waals surface area contributed by atoms with Crippen molar-refractivity contribution in [3.05, 3.63) is 47.9 Å². The third kappa shape index (κ3) is 6.01. The van der Waals surface area contributed by atoms with Gasteiger partial charge in [0.15, 0.2) is 5.16 Å². The molecule has 1 amide bonds. The Bertz CT molecular complexity index is 1120. The van der Waals surface area contributed by atoms with E-state index in [1.807, 2.05) is 42.8 Å². The molecule has 2 heterocycles. The van der Waals surface area contributed by atoms with E-state index >= 15 is 0 Å². The van der Waals surface area contributed by atoms with Crippen LogP contribution < -0.4 is 5.32 Å². The molecule has 0 spiro atoms. The minimum Gasteiger partial charge on any atom is -0.353 e. The van der Waals surface area contributed by atoms with Crippen LogP contribution in [-0.4, -0.2) is 38.0 Å². The molecule has 1 N–H and O–H groups in total. The van der Waals surface area contributed by atoms with Crippen LogP contribution in [0.15, 0.2) is 41.7 Å². The van der Waals surface area contributed by atoms with E-state index in [1.165, 1.54) is 0 Å². The van der Waals surface area contributed by atoms with Crippen molar-refractivity contribution in [3.8, 4) is 6.07 Å². The largest absolute Gasteiger partial charge is 0.353 e. The van der Waals surface area contributed by atoms with E-state index in [0.29, 0.717) is 25.4 Å². The van der Waals surface area contributed by atoms with E-state index < -0.39 is 0 Å². The van der Waals surface area contributed by atoms with Gasteiger partial charge >= 0.3 is 0 Å². The average molecular weight is 451 g/mol. The fraction of sp³-hybridized carbons (Fsp3) is 0.417. The first kappa shape index (κ1) is 23.6. The predicted molar refractivity (Wildman–Crippen MR) is 129 cm³/mol. The Hall–Kier alpha value is -3.05. The first-order valence-corrected chi connectivity index (χ1v) is 12.1. The van der Waals surface area contributed by atoms with Crippen LogP contribution in [0.1, 0.15) is 38.1 Å². The Morgan fingerprint density at radius 2 is 2.12 bits per heavy atom. The lowest BCUT2D eigenvalue weighted by atomic mass is 10.1. The van der Waals surface area contributed by atoms with Crippen molar-refractivity contribution in [1.82, 2.24) is 24.6 Å². The number of nitriles is 1. The molecule has 3 aromatic rings. The molecule has 7 nitrogen and oxygen atoms in total. The number of nitrogens with zero attached hydrogens (tertiary/aromatic N) is 5. The Kier molecular flexibility index (Phi) is 8.51. The van der Waals surface area contributed by atoms with Crippen molar-refractivity contribution < 1.29 is 4.79 Å². The van der Waals surface area contributed by atoms with Crippen molar-refractivity contribution in [2.24, 2.45) is 5.92 Å². The number of hydrogen-bond donors (Lipinski definition) is 1. The number of fused-ring (bicyclic) bond motifs is 1. The standard InChI is InChI=1S/C24H30N6OS/c1-18(2)16-30-22(27-28-24(30)32-3)10-6-14-26-23(31)12-11-19-17-29(15-7-13-25)21-9-5-4-8-20(19)21/h4-5,8-9,11-12,17-18H,6-7,10,14-16H2,1-3H3,(H,26,31). The Morgan fingerprint density at radius 1 is 1.31 bits per heavy atom. The van der Waals surface area contributed by atoms with Crippen LogP contribution in [0, 0.1) is 17.2 Å². The Balaban J connectivity index is 1.55. The van der Waals surface area contributed by atoms with Gasteiger partial charge in [-0.25, -0.2) is 0 Å². The molecule has 0 atom stereocenters. The summed E-state index contributed by atoms with van der Waals surface area (Å²) in [6, 6.07) is 10.2. The number of aryl methyl sites for hydroxylation is 2. The van der Waals surface area contributed by atoms with Gasteiger partial charge in [0.2, 0.25) is 5.91 Å². The third-order valence-corrected chi connectivity index (χ3v) is 5.77. The van der Waals surface area contributed by atoms with Gasteiger partial charge in [-0.2, -0.15) is 5.26 Å². The maximum absolute atomic E-state index is 12.3. The number of para-hydroxylation sites is 1. The SMILES string of the molecule is CSc1nnc(CCCNC(=O)C=Cc2cn(CCC#N)c3ccccc23)n1CC(C)C. The topological polar surface area (TPSA) is 88.5 Å². The molecule has 0 aliphatic rings. The van der Waals surface area contributed by atoms with Crippen LogP contribution in [0.2, 0.25) is 0 Å². The first-order chi connectivity index (χ1) is 15.5. The highest BCUT2D eigenvalue weighted by molar-refractivity contribution is 7.98. The predicted octanol–water partition coefficient (Wildman–Crippen LogP) is 4.29.